The standard InChI is InChI=1S/C14H13ClFNO2/c1-9(10-3-5-11(16)6-4-10)17(2)14(18)12-7-8-13(15)19-12/h3-9H,1-2H3. The second-order valence-corrected chi connectivity index (χ2v) is 4.62. The van der Waals surface area contributed by atoms with E-state index in [-0.39, 0.29) is 28.7 Å². The van der Waals surface area contributed by atoms with Crippen LogP contribution in [0.4, 0.5) is 4.39 Å². The van der Waals surface area contributed by atoms with E-state index < -0.39 is 0 Å². The Bertz CT molecular complexity index is 579. The van der Waals surface area contributed by atoms with E-state index >= 15 is 0 Å². The smallest absolute Gasteiger partial charge is 0.289 e. The highest BCUT2D eigenvalue weighted by molar-refractivity contribution is 6.29. The van der Waals surface area contributed by atoms with Gasteiger partial charge in [-0.05, 0) is 48.4 Å². The zero-order valence-corrected chi connectivity index (χ0v) is 11.3. The Labute approximate surface area is 115 Å². The first-order valence-corrected chi connectivity index (χ1v) is 6.15. The molecule has 0 saturated heterocycles. The predicted molar refractivity (Wildman–Crippen MR) is 70.6 cm³/mol. The maximum absolute atomic E-state index is 12.9. The highest BCUT2D eigenvalue weighted by Gasteiger charge is 2.21. The number of rotatable bonds is 3. The lowest BCUT2D eigenvalue weighted by atomic mass is 10.1. The number of furan rings is 1. The molecule has 0 aliphatic carbocycles. The molecule has 1 heterocycles. The van der Waals surface area contributed by atoms with Crippen molar-refractivity contribution < 1.29 is 13.6 Å². The summed E-state index contributed by atoms with van der Waals surface area (Å²) in [5, 5.41) is 0.172. The van der Waals surface area contributed by atoms with Gasteiger partial charge in [-0.2, -0.15) is 0 Å². The van der Waals surface area contributed by atoms with Gasteiger partial charge in [-0.1, -0.05) is 12.1 Å². The Balaban J connectivity index is 2.16. The molecule has 1 aromatic heterocycles. The Kier molecular flexibility index (Phi) is 3.90. The Hall–Kier alpha value is -1.81. The van der Waals surface area contributed by atoms with Crippen LogP contribution in [0.25, 0.3) is 0 Å². The molecule has 2 aromatic rings. The van der Waals surface area contributed by atoms with Gasteiger partial charge in [0.2, 0.25) is 0 Å². The van der Waals surface area contributed by atoms with Crippen LogP contribution in [0.3, 0.4) is 0 Å². The SMILES string of the molecule is CC(c1ccc(F)cc1)N(C)C(=O)c1ccc(Cl)o1. The summed E-state index contributed by atoms with van der Waals surface area (Å²) in [6.07, 6.45) is 0. The number of hydrogen-bond donors (Lipinski definition) is 0. The minimum atomic E-state index is -0.303. The number of carbonyl (C=O) groups is 1. The Morgan fingerprint density at radius 1 is 1.26 bits per heavy atom. The highest BCUT2D eigenvalue weighted by atomic mass is 35.5. The van der Waals surface area contributed by atoms with E-state index in [1.165, 1.54) is 29.2 Å². The third-order valence-corrected chi connectivity index (χ3v) is 3.24. The van der Waals surface area contributed by atoms with Crippen molar-refractivity contribution in [2.45, 2.75) is 13.0 Å². The molecule has 1 unspecified atom stereocenters. The van der Waals surface area contributed by atoms with E-state index in [9.17, 15) is 9.18 Å². The number of halogens is 2. The number of nitrogens with zero attached hydrogens (tertiary/aromatic N) is 1. The minimum Gasteiger partial charge on any atom is -0.440 e. The van der Waals surface area contributed by atoms with Crippen LogP contribution in [0.5, 0.6) is 0 Å². The molecule has 19 heavy (non-hydrogen) atoms. The largest absolute Gasteiger partial charge is 0.440 e. The van der Waals surface area contributed by atoms with Crippen LogP contribution in [0, 0.1) is 5.82 Å². The average molecular weight is 282 g/mol. The van der Waals surface area contributed by atoms with Gasteiger partial charge in [-0.25, -0.2) is 4.39 Å². The van der Waals surface area contributed by atoms with Gasteiger partial charge in [-0.15, -0.1) is 0 Å². The molecule has 2 rings (SSSR count). The first-order chi connectivity index (χ1) is 8.99. The lowest BCUT2D eigenvalue weighted by Crippen LogP contribution is -2.29. The number of carbonyl (C=O) groups excluding carboxylic acids is 1. The van der Waals surface area contributed by atoms with Crippen molar-refractivity contribution in [3.8, 4) is 0 Å². The van der Waals surface area contributed by atoms with Gasteiger partial charge in [0.1, 0.15) is 5.82 Å². The summed E-state index contributed by atoms with van der Waals surface area (Å²) >= 11 is 5.64. The summed E-state index contributed by atoms with van der Waals surface area (Å²) in [6, 6.07) is 8.89. The summed E-state index contributed by atoms with van der Waals surface area (Å²) in [5.74, 6) is -0.395. The van der Waals surface area contributed by atoms with Crippen molar-refractivity contribution in [1.29, 1.82) is 0 Å². The fourth-order valence-corrected chi connectivity index (χ4v) is 1.89. The van der Waals surface area contributed by atoms with Crippen LogP contribution in [-0.2, 0) is 0 Å². The molecular formula is C14H13ClFNO2. The number of amides is 1. The lowest BCUT2D eigenvalue weighted by Gasteiger charge is -2.24. The molecule has 1 atom stereocenters. The van der Waals surface area contributed by atoms with E-state index in [1.807, 2.05) is 6.92 Å². The molecule has 0 spiro atoms. The summed E-state index contributed by atoms with van der Waals surface area (Å²) in [7, 11) is 1.66. The highest BCUT2D eigenvalue weighted by Crippen LogP contribution is 2.22. The first kappa shape index (κ1) is 13.6. The molecule has 0 saturated carbocycles. The molecule has 0 aliphatic rings. The normalized spacial score (nSPS) is 12.2. The minimum absolute atomic E-state index is 0.172. The van der Waals surface area contributed by atoms with Gasteiger partial charge in [0, 0.05) is 7.05 Å². The second kappa shape index (κ2) is 5.45. The van der Waals surface area contributed by atoms with Crippen LogP contribution in [0.15, 0.2) is 40.8 Å². The molecule has 0 N–H and O–H groups in total. The molecule has 0 aliphatic heterocycles. The molecular weight excluding hydrogens is 269 g/mol. The van der Waals surface area contributed by atoms with Crippen LogP contribution < -0.4 is 0 Å². The van der Waals surface area contributed by atoms with Crippen molar-refractivity contribution in [3.63, 3.8) is 0 Å². The third kappa shape index (κ3) is 2.96. The van der Waals surface area contributed by atoms with Crippen LogP contribution in [0.1, 0.15) is 29.1 Å². The van der Waals surface area contributed by atoms with Crippen molar-refractivity contribution in [1.82, 2.24) is 4.90 Å². The van der Waals surface area contributed by atoms with Crippen molar-refractivity contribution in [2.75, 3.05) is 7.05 Å². The number of benzene rings is 1. The third-order valence-electron chi connectivity index (χ3n) is 3.04. The maximum atomic E-state index is 12.9. The Morgan fingerprint density at radius 3 is 2.42 bits per heavy atom. The molecule has 100 valence electrons. The van der Waals surface area contributed by atoms with E-state index in [2.05, 4.69) is 0 Å². The van der Waals surface area contributed by atoms with Gasteiger partial charge in [0.15, 0.2) is 11.0 Å². The van der Waals surface area contributed by atoms with Gasteiger partial charge in [0.25, 0.3) is 5.91 Å². The van der Waals surface area contributed by atoms with Crippen molar-refractivity contribution in [3.05, 3.63) is 58.8 Å². The van der Waals surface area contributed by atoms with Gasteiger partial charge >= 0.3 is 0 Å². The monoisotopic (exact) mass is 281 g/mol. The van der Waals surface area contributed by atoms with Crippen molar-refractivity contribution >= 4 is 17.5 Å². The quantitative estimate of drug-likeness (QED) is 0.855. The van der Waals surface area contributed by atoms with Gasteiger partial charge in [-0.3, -0.25) is 4.79 Å². The molecule has 0 bridgehead atoms. The van der Waals surface area contributed by atoms with Crippen molar-refractivity contribution in [2.24, 2.45) is 0 Å². The summed E-state index contributed by atoms with van der Waals surface area (Å²) < 4.78 is 18.0. The Morgan fingerprint density at radius 2 is 1.89 bits per heavy atom. The fraction of sp³-hybridized carbons (Fsp3) is 0.214. The topological polar surface area (TPSA) is 33.5 Å². The first-order valence-electron chi connectivity index (χ1n) is 5.77. The van der Waals surface area contributed by atoms with E-state index in [1.54, 1.807) is 19.2 Å². The van der Waals surface area contributed by atoms with E-state index in [4.69, 9.17) is 16.0 Å². The van der Waals surface area contributed by atoms with E-state index in [0.717, 1.165) is 5.56 Å². The summed E-state index contributed by atoms with van der Waals surface area (Å²) in [6.45, 7) is 1.86. The molecule has 5 heteroatoms. The molecule has 1 aromatic carbocycles. The summed E-state index contributed by atoms with van der Waals surface area (Å²) in [5.41, 5.74) is 0.843. The summed E-state index contributed by atoms with van der Waals surface area (Å²) in [4.78, 5) is 13.7. The van der Waals surface area contributed by atoms with Crippen LogP contribution >= 0.6 is 11.6 Å². The second-order valence-electron chi connectivity index (χ2n) is 4.25. The predicted octanol–water partition coefficient (Wildman–Crippen LogP) is 3.91. The number of hydrogen-bond acceptors (Lipinski definition) is 2. The molecule has 1 amide bonds. The van der Waals surface area contributed by atoms with Crippen LogP contribution in [0.2, 0.25) is 5.22 Å². The molecule has 3 nitrogen and oxygen atoms in total. The van der Waals surface area contributed by atoms with Gasteiger partial charge in [0.05, 0.1) is 6.04 Å². The maximum Gasteiger partial charge on any atom is 0.289 e. The zero-order chi connectivity index (χ0) is 14.0. The molecule has 0 radical (unpaired) electrons. The molecule has 0 fully saturated rings. The fourth-order valence-electron chi connectivity index (χ4n) is 1.74. The lowest BCUT2D eigenvalue weighted by molar-refractivity contribution is 0.0710. The zero-order valence-electron chi connectivity index (χ0n) is 10.6. The average Bonchev–Trinajstić information content (AvgIpc) is 2.84. The van der Waals surface area contributed by atoms with Gasteiger partial charge < -0.3 is 9.32 Å². The van der Waals surface area contributed by atoms with Crippen LogP contribution in [-0.4, -0.2) is 17.9 Å². The van der Waals surface area contributed by atoms with E-state index in [0.29, 0.717) is 0 Å².